The number of carbonyl (C=O) groups is 1. The average molecular weight is 213 g/mol. The minimum Gasteiger partial charge on any atom is -0.355 e. The van der Waals surface area contributed by atoms with E-state index >= 15 is 0 Å². The summed E-state index contributed by atoms with van der Waals surface area (Å²) in [7, 11) is 0. The number of nitrogens with one attached hydrogen (secondary N) is 1. The van der Waals surface area contributed by atoms with Gasteiger partial charge in [-0.05, 0) is 5.41 Å². The molecule has 15 heavy (non-hydrogen) atoms. The van der Waals surface area contributed by atoms with Gasteiger partial charge in [-0.15, -0.1) is 0 Å². The molecule has 0 aromatic heterocycles. The van der Waals surface area contributed by atoms with E-state index in [4.69, 9.17) is 5.73 Å². The first-order valence-corrected chi connectivity index (χ1v) is 5.66. The van der Waals surface area contributed by atoms with E-state index in [-0.39, 0.29) is 11.3 Å². The van der Waals surface area contributed by atoms with Crippen LogP contribution in [0, 0.1) is 5.41 Å². The van der Waals surface area contributed by atoms with Gasteiger partial charge < -0.3 is 11.1 Å². The van der Waals surface area contributed by atoms with Crippen molar-refractivity contribution in [3.05, 3.63) is 0 Å². The second-order valence-electron chi connectivity index (χ2n) is 5.25. The maximum Gasteiger partial charge on any atom is 0.221 e. The van der Waals surface area contributed by atoms with Crippen LogP contribution >= 0.6 is 0 Å². The molecule has 0 aromatic rings. The Bertz CT molecular complexity index is 222. The fraction of sp³-hybridized carbons (Fsp3) is 0.909. The maximum atomic E-state index is 11.2. The predicted molar refractivity (Wildman–Crippen MR) is 61.5 cm³/mol. The van der Waals surface area contributed by atoms with E-state index < -0.39 is 0 Å². The highest BCUT2D eigenvalue weighted by molar-refractivity contribution is 5.76. The number of hydrogen-bond acceptors (Lipinski definition) is 3. The molecular weight excluding hydrogens is 190 g/mol. The summed E-state index contributed by atoms with van der Waals surface area (Å²) < 4.78 is 0. The summed E-state index contributed by atoms with van der Waals surface area (Å²) in [5.74, 6) is 0.155. The van der Waals surface area contributed by atoms with E-state index in [1.807, 2.05) is 0 Å². The van der Waals surface area contributed by atoms with Gasteiger partial charge in [-0.25, -0.2) is 0 Å². The summed E-state index contributed by atoms with van der Waals surface area (Å²) in [6.07, 6.45) is 0.590. The molecule has 3 N–H and O–H groups in total. The normalized spacial score (nSPS) is 22.0. The highest BCUT2D eigenvalue weighted by Crippen LogP contribution is 2.24. The fourth-order valence-electron chi connectivity index (χ4n) is 2.15. The Labute approximate surface area is 92.2 Å². The molecule has 0 spiro atoms. The molecule has 4 heteroatoms. The SMILES string of the molecule is CC(C)(C)C(CN)N1CCNC(=O)CC1. The Morgan fingerprint density at radius 1 is 1.47 bits per heavy atom. The fourth-order valence-corrected chi connectivity index (χ4v) is 2.15. The van der Waals surface area contributed by atoms with Gasteiger partial charge in [0.15, 0.2) is 0 Å². The van der Waals surface area contributed by atoms with E-state index in [0.29, 0.717) is 19.0 Å². The molecule has 1 heterocycles. The zero-order valence-electron chi connectivity index (χ0n) is 10.0. The highest BCUT2D eigenvalue weighted by Gasteiger charge is 2.30. The van der Waals surface area contributed by atoms with E-state index in [0.717, 1.165) is 19.6 Å². The third-order valence-corrected chi connectivity index (χ3v) is 3.01. The molecule has 88 valence electrons. The van der Waals surface area contributed by atoms with Crippen molar-refractivity contribution in [2.45, 2.75) is 33.2 Å². The monoisotopic (exact) mass is 213 g/mol. The van der Waals surface area contributed by atoms with Crippen molar-refractivity contribution in [1.82, 2.24) is 10.2 Å². The van der Waals surface area contributed by atoms with Gasteiger partial charge in [-0.3, -0.25) is 9.69 Å². The van der Waals surface area contributed by atoms with Gasteiger partial charge in [0.1, 0.15) is 0 Å². The van der Waals surface area contributed by atoms with Gasteiger partial charge in [0.25, 0.3) is 0 Å². The van der Waals surface area contributed by atoms with Crippen LogP contribution in [-0.4, -0.2) is 43.0 Å². The van der Waals surface area contributed by atoms with Gasteiger partial charge in [-0.2, -0.15) is 0 Å². The Morgan fingerprint density at radius 2 is 2.13 bits per heavy atom. The molecule has 0 saturated carbocycles. The number of rotatable bonds is 2. The third-order valence-electron chi connectivity index (χ3n) is 3.01. The van der Waals surface area contributed by atoms with Crippen LogP contribution in [0.3, 0.4) is 0 Å². The molecule has 1 atom stereocenters. The van der Waals surface area contributed by atoms with Crippen LogP contribution in [0.2, 0.25) is 0 Å². The molecular formula is C11H23N3O. The Balaban J connectivity index is 2.64. The van der Waals surface area contributed by atoms with E-state index in [1.165, 1.54) is 0 Å². The first-order valence-electron chi connectivity index (χ1n) is 5.66. The predicted octanol–water partition coefficient (Wildman–Crippen LogP) is 0.182. The first-order chi connectivity index (χ1) is 6.95. The van der Waals surface area contributed by atoms with Crippen LogP contribution in [0.15, 0.2) is 0 Å². The second-order valence-corrected chi connectivity index (χ2v) is 5.25. The summed E-state index contributed by atoms with van der Waals surface area (Å²) in [4.78, 5) is 13.6. The largest absolute Gasteiger partial charge is 0.355 e. The number of hydrogen-bond donors (Lipinski definition) is 2. The van der Waals surface area contributed by atoms with Gasteiger partial charge in [0, 0.05) is 38.6 Å². The molecule has 1 saturated heterocycles. The van der Waals surface area contributed by atoms with Crippen LogP contribution in [0.1, 0.15) is 27.2 Å². The first kappa shape index (κ1) is 12.5. The van der Waals surface area contributed by atoms with Crippen molar-refractivity contribution in [3.8, 4) is 0 Å². The summed E-state index contributed by atoms with van der Waals surface area (Å²) in [6.45, 7) is 9.72. The standard InChI is InChI=1S/C11H23N3O/c1-11(2,3)9(8-12)14-6-4-10(15)13-5-7-14/h9H,4-8,12H2,1-3H3,(H,13,15). The van der Waals surface area contributed by atoms with Crippen molar-refractivity contribution in [2.75, 3.05) is 26.2 Å². The zero-order valence-corrected chi connectivity index (χ0v) is 10.0. The Hall–Kier alpha value is -0.610. The number of carbonyl (C=O) groups excluding carboxylic acids is 1. The molecule has 0 radical (unpaired) electrons. The molecule has 1 fully saturated rings. The molecule has 1 rings (SSSR count). The number of nitrogens with two attached hydrogens (primary N) is 1. The van der Waals surface area contributed by atoms with Crippen LogP contribution in [-0.2, 0) is 4.79 Å². The lowest BCUT2D eigenvalue weighted by atomic mass is 9.85. The number of amides is 1. The van der Waals surface area contributed by atoms with Gasteiger partial charge in [-0.1, -0.05) is 20.8 Å². The minimum atomic E-state index is 0.155. The van der Waals surface area contributed by atoms with Crippen molar-refractivity contribution in [1.29, 1.82) is 0 Å². The van der Waals surface area contributed by atoms with Gasteiger partial charge >= 0.3 is 0 Å². The van der Waals surface area contributed by atoms with Crippen LogP contribution < -0.4 is 11.1 Å². The molecule has 1 aliphatic rings. The average Bonchev–Trinajstić information content (AvgIpc) is 2.30. The maximum absolute atomic E-state index is 11.2. The van der Waals surface area contributed by atoms with Crippen molar-refractivity contribution < 1.29 is 4.79 Å². The van der Waals surface area contributed by atoms with Crippen molar-refractivity contribution in [3.63, 3.8) is 0 Å². The summed E-state index contributed by atoms with van der Waals surface area (Å²) in [6, 6.07) is 0.352. The van der Waals surface area contributed by atoms with E-state index in [2.05, 4.69) is 31.0 Å². The molecule has 1 aliphatic heterocycles. The topological polar surface area (TPSA) is 58.4 Å². The lowest BCUT2D eigenvalue weighted by Gasteiger charge is -2.38. The van der Waals surface area contributed by atoms with Crippen LogP contribution in [0.25, 0.3) is 0 Å². The van der Waals surface area contributed by atoms with E-state index in [9.17, 15) is 4.79 Å². The van der Waals surface area contributed by atoms with Crippen molar-refractivity contribution in [2.24, 2.45) is 11.1 Å². The minimum absolute atomic E-state index is 0.155. The highest BCUT2D eigenvalue weighted by atomic mass is 16.1. The molecule has 0 aromatic carbocycles. The molecule has 0 bridgehead atoms. The lowest BCUT2D eigenvalue weighted by Crippen LogP contribution is -2.49. The number of nitrogens with zero attached hydrogens (tertiary/aromatic N) is 1. The van der Waals surface area contributed by atoms with Crippen LogP contribution in [0.4, 0.5) is 0 Å². The summed E-state index contributed by atoms with van der Waals surface area (Å²) in [5.41, 5.74) is 6.00. The van der Waals surface area contributed by atoms with E-state index in [1.54, 1.807) is 0 Å². The molecule has 1 amide bonds. The summed E-state index contributed by atoms with van der Waals surface area (Å²) >= 11 is 0. The summed E-state index contributed by atoms with van der Waals surface area (Å²) in [5, 5.41) is 2.88. The molecule has 1 unspecified atom stereocenters. The van der Waals surface area contributed by atoms with Gasteiger partial charge in [0.2, 0.25) is 5.91 Å². The molecule has 4 nitrogen and oxygen atoms in total. The zero-order chi connectivity index (χ0) is 11.5. The van der Waals surface area contributed by atoms with Crippen LogP contribution in [0.5, 0.6) is 0 Å². The Morgan fingerprint density at radius 3 is 2.67 bits per heavy atom. The second kappa shape index (κ2) is 4.94. The Kier molecular flexibility index (Phi) is 4.11. The smallest absolute Gasteiger partial charge is 0.221 e. The lowest BCUT2D eigenvalue weighted by molar-refractivity contribution is -0.120. The van der Waals surface area contributed by atoms with Crippen molar-refractivity contribution >= 4 is 5.91 Å². The molecule has 0 aliphatic carbocycles. The van der Waals surface area contributed by atoms with Gasteiger partial charge in [0.05, 0.1) is 0 Å². The third kappa shape index (κ3) is 3.47. The quantitative estimate of drug-likeness (QED) is 0.688.